The fourth-order valence-corrected chi connectivity index (χ4v) is 7.69. The van der Waals surface area contributed by atoms with Crippen molar-refractivity contribution in [3.05, 3.63) is 134 Å². The summed E-state index contributed by atoms with van der Waals surface area (Å²) in [4.78, 5) is 31.0. The number of hydrogen-bond acceptors (Lipinski definition) is 5. The lowest BCUT2D eigenvalue weighted by Gasteiger charge is -2.42. The summed E-state index contributed by atoms with van der Waals surface area (Å²) in [6, 6.07) is 29.1. The number of carbonyl (C=O) groups is 1. The van der Waals surface area contributed by atoms with Crippen LogP contribution >= 0.6 is 23.2 Å². The molecule has 46 heavy (non-hydrogen) atoms. The van der Waals surface area contributed by atoms with Gasteiger partial charge in [-0.3, -0.25) is 19.0 Å². The third-order valence-corrected chi connectivity index (χ3v) is 10.5. The van der Waals surface area contributed by atoms with Crippen LogP contribution in [0.3, 0.4) is 0 Å². The molecule has 0 fully saturated rings. The lowest BCUT2D eigenvalue weighted by Crippen LogP contribution is -2.49. The van der Waals surface area contributed by atoms with Crippen molar-refractivity contribution in [3.8, 4) is 5.69 Å². The molecule has 0 spiro atoms. The van der Waals surface area contributed by atoms with Crippen LogP contribution in [-0.4, -0.2) is 36.3 Å². The van der Waals surface area contributed by atoms with Crippen LogP contribution in [0.1, 0.15) is 28.5 Å². The van der Waals surface area contributed by atoms with Crippen molar-refractivity contribution in [2.45, 2.75) is 31.3 Å². The van der Waals surface area contributed by atoms with E-state index in [1.165, 1.54) is 16.8 Å². The number of nitrogens with zero attached hydrogens (tertiary/aromatic N) is 4. The molecule has 2 heterocycles. The van der Waals surface area contributed by atoms with E-state index in [0.29, 0.717) is 30.2 Å². The first-order chi connectivity index (χ1) is 22.0. The van der Waals surface area contributed by atoms with E-state index in [1.807, 2.05) is 55.5 Å². The average molecular weight is 677 g/mol. The van der Waals surface area contributed by atoms with Gasteiger partial charge in [0.2, 0.25) is 0 Å². The van der Waals surface area contributed by atoms with Gasteiger partial charge in [0, 0.05) is 31.7 Å². The Morgan fingerprint density at radius 2 is 1.52 bits per heavy atom. The number of hydrogen-bond donors (Lipinski definition) is 1. The van der Waals surface area contributed by atoms with Crippen molar-refractivity contribution in [1.29, 1.82) is 0 Å². The molecular weight excluding hydrogens is 645 g/mol. The van der Waals surface area contributed by atoms with Crippen LogP contribution in [0.2, 0.25) is 10.0 Å². The minimum atomic E-state index is -4.47. The third-order valence-electron chi connectivity index (χ3n) is 8.22. The van der Waals surface area contributed by atoms with Crippen LogP contribution in [0.4, 0.5) is 17.1 Å². The van der Waals surface area contributed by atoms with Crippen molar-refractivity contribution in [1.82, 2.24) is 9.36 Å². The molecule has 1 unspecified atom stereocenters. The largest absolute Gasteiger partial charge is 0.361 e. The van der Waals surface area contributed by atoms with Gasteiger partial charge in [-0.25, -0.2) is 13.1 Å². The maximum absolute atomic E-state index is 14.1. The normalized spacial score (nSPS) is 14.7. The number of carbonyl (C=O) groups excluding carboxylic acids is 1. The predicted octanol–water partition coefficient (Wildman–Crippen LogP) is 6.65. The number of amides is 1. The molecule has 12 heteroatoms. The highest BCUT2D eigenvalue weighted by atomic mass is 35.5. The SMILES string of the molecule is Cc1c(NS(=O)(=O)c2cc(C(=O)N3CC(C)N(Cc4ccccc4)c4ccccc43)cc(Cl)c2Cl)c(=O)n(-c2ccccc2)n1C. The highest BCUT2D eigenvalue weighted by Crippen LogP contribution is 2.38. The Kier molecular flexibility index (Phi) is 8.45. The standard InChI is InChI=1S/C34H31Cl2N5O4S/c1-22-20-40(29-17-11-10-16-28(29)39(22)21-24-12-6-4-7-13-24)33(42)25-18-27(35)31(36)30(19-25)46(44,45)37-32-23(2)38(3)41(34(32)43)26-14-8-5-9-15-26/h4-19,22,37H,20-21H2,1-3H3. The maximum Gasteiger partial charge on any atom is 0.296 e. The topological polar surface area (TPSA) is 96.7 Å². The minimum absolute atomic E-state index is 0.0415. The maximum atomic E-state index is 14.1. The van der Waals surface area contributed by atoms with Crippen LogP contribution in [0.15, 0.2) is 107 Å². The van der Waals surface area contributed by atoms with Crippen LogP contribution < -0.4 is 20.1 Å². The van der Waals surface area contributed by atoms with E-state index in [-0.39, 0.29) is 27.3 Å². The Balaban J connectivity index is 1.35. The summed E-state index contributed by atoms with van der Waals surface area (Å²) in [7, 11) is -2.81. The van der Waals surface area contributed by atoms with Crippen LogP contribution in [0.5, 0.6) is 0 Å². The molecule has 0 aliphatic carbocycles. The second-order valence-corrected chi connectivity index (χ2v) is 13.6. The molecule has 0 saturated carbocycles. The molecule has 1 amide bonds. The Hall–Kier alpha value is -4.51. The number of aromatic nitrogens is 2. The number of benzene rings is 4. The number of halogens is 2. The van der Waals surface area contributed by atoms with Gasteiger partial charge in [-0.15, -0.1) is 0 Å². The molecule has 0 radical (unpaired) electrons. The Morgan fingerprint density at radius 1 is 0.913 bits per heavy atom. The van der Waals surface area contributed by atoms with Crippen LogP contribution in [-0.2, 0) is 23.6 Å². The summed E-state index contributed by atoms with van der Waals surface area (Å²) in [5.41, 5.74) is 2.98. The highest BCUT2D eigenvalue weighted by molar-refractivity contribution is 7.92. The first-order valence-electron chi connectivity index (χ1n) is 14.5. The lowest BCUT2D eigenvalue weighted by molar-refractivity contribution is 0.0984. The smallest absolute Gasteiger partial charge is 0.296 e. The number of anilines is 3. The second-order valence-electron chi connectivity index (χ2n) is 11.2. The lowest BCUT2D eigenvalue weighted by atomic mass is 10.0. The van der Waals surface area contributed by atoms with Crippen molar-refractivity contribution >= 4 is 56.2 Å². The molecule has 0 saturated heterocycles. The van der Waals surface area contributed by atoms with E-state index in [1.54, 1.807) is 47.8 Å². The highest BCUT2D eigenvalue weighted by Gasteiger charge is 2.33. The minimum Gasteiger partial charge on any atom is -0.361 e. The number of sulfonamides is 1. The second kappa shape index (κ2) is 12.4. The summed E-state index contributed by atoms with van der Waals surface area (Å²) in [6.45, 7) is 4.68. The summed E-state index contributed by atoms with van der Waals surface area (Å²) in [5.74, 6) is -0.434. The summed E-state index contributed by atoms with van der Waals surface area (Å²) < 4.78 is 32.9. The van der Waals surface area contributed by atoms with Gasteiger partial charge in [-0.1, -0.05) is 83.9 Å². The zero-order valence-electron chi connectivity index (χ0n) is 25.3. The van der Waals surface area contributed by atoms with Crippen molar-refractivity contribution in [3.63, 3.8) is 0 Å². The van der Waals surface area contributed by atoms with E-state index >= 15 is 0 Å². The zero-order chi connectivity index (χ0) is 32.7. The van der Waals surface area contributed by atoms with Gasteiger partial charge in [-0.2, -0.15) is 0 Å². The molecule has 4 aromatic carbocycles. The van der Waals surface area contributed by atoms with Crippen molar-refractivity contribution < 1.29 is 13.2 Å². The number of para-hydroxylation sites is 3. The van der Waals surface area contributed by atoms with E-state index in [0.717, 1.165) is 11.3 Å². The summed E-state index contributed by atoms with van der Waals surface area (Å²) >= 11 is 12.9. The molecule has 1 N–H and O–H groups in total. The van der Waals surface area contributed by atoms with Crippen LogP contribution in [0.25, 0.3) is 5.69 Å². The van der Waals surface area contributed by atoms with Gasteiger partial charge in [0.15, 0.2) is 0 Å². The fraction of sp³-hybridized carbons (Fsp3) is 0.176. The number of rotatable bonds is 7. The van der Waals surface area contributed by atoms with E-state index in [4.69, 9.17) is 23.2 Å². The molecule has 236 valence electrons. The molecule has 9 nitrogen and oxygen atoms in total. The van der Waals surface area contributed by atoms with Crippen molar-refractivity contribution in [2.24, 2.45) is 7.05 Å². The molecule has 1 aliphatic heterocycles. The van der Waals surface area contributed by atoms with Gasteiger partial charge in [0.25, 0.3) is 21.5 Å². The molecule has 0 bridgehead atoms. The number of fused-ring (bicyclic) bond motifs is 1. The summed E-state index contributed by atoms with van der Waals surface area (Å²) in [6.07, 6.45) is 0. The Labute approximate surface area is 277 Å². The van der Waals surface area contributed by atoms with Gasteiger partial charge in [0.05, 0.1) is 32.8 Å². The van der Waals surface area contributed by atoms with E-state index in [9.17, 15) is 18.0 Å². The molecule has 1 atom stereocenters. The first-order valence-corrected chi connectivity index (χ1v) is 16.8. The van der Waals surface area contributed by atoms with Crippen LogP contribution in [0, 0.1) is 6.92 Å². The molecular formula is C34H31Cl2N5O4S. The number of nitrogens with one attached hydrogen (secondary N) is 1. The Bertz CT molecular complexity index is 2120. The van der Waals surface area contributed by atoms with Gasteiger partial charge >= 0.3 is 0 Å². The Morgan fingerprint density at radius 3 is 2.20 bits per heavy atom. The van der Waals surface area contributed by atoms with E-state index < -0.39 is 26.4 Å². The molecule has 6 rings (SSSR count). The predicted molar refractivity (Wildman–Crippen MR) is 183 cm³/mol. The van der Waals surface area contributed by atoms with Gasteiger partial charge in [-0.05, 0) is 55.8 Å². The third kappa shape index (κ3) is 5.68. The van der Waals surface area contributed by atoms with Gasteiger partial charge < -0.3 is 9.80 Å². The van der Waals surface area contributed by atoms with Gasteiger partial charge in [0.1, 0.15) is 10.6 Å². The monoisotopic (exact) mass is 675 g/mol. The quantitative estimate of drug-likeness (QED) is 0.208. The molecule has 1 aliphatic rings. The molecule has 1 aromatic heterocycles. The van der Waals surface area contributed by atoms with E-state index in [2.05, 4.69) is 21.8 Å². The van der Waals surface area contributed by atoms with Crippen molar-refractivity contribution in [2.75, 3.05) is 21.1 Å². The fourth-order valence-electron chi connectivity index (χ4n) is 5.76. The first kappa shape index (κ1) is 31.5. The summed E-state index contributed by atoms with van der Waals surface area (Å²) in [5, 5.41) is -0.368. The zero-order valence-corrected chi connectivity index (χ0v) is 27.6. The molecule has 5 aromatic rings. The average Bonchev–Trinajstić information content (AvgIpc) is 3.26.